The number of imidazole rings is 1. The third kappa shape index (κ3) is 4.58. The maximum Gasteiger partial charge on any atom is 0.416 e. The maximum atomic E-state index is 13.0. The highest BCUT2D eigenvalue weighted by Crippen LogP contribution is 2.32. The van der Waals surface area contributed by atoms with Crippen LogP contribution >= 0.6 is 0 Å². The van der Waals surface area contributed by atoms with Crippen LogP contribution in [-0.2, 0) is 11.0 Å². The first-order chi connectivity index (χ1) is 14.7. The summed E-state index contributed by atoms with van der Waals surface area (Å²) in [5.41, 5.74) is 1.38. The van der Waals surface area contributed by atoms with Crippen molar-refractivity contribution in [1.29, 1.82) is 0 Å². The zero-order chi connectivity index (χ0) is 22.2. The van der Waals surface area contributed by atoms with Gasteiger partial charge in [-0.15, -0.1) is 0 Å². The minimum atomic E-state index is -4.37. The number of rotatable bonds is 4. The monoisotopic (exact) mass is 433 g/mol. The summed E-state index contributed by atoms with van der Waals surface area (Å²) in [6, 6.07) is 10.00. The largest absolute Gasteiger partial charge is 0.416 e. The van der Waals surface area contributed by atoms with Gasteiger partial charge >= 0.3 is 11.9 Å². The van der Waals surface area contributed by atoms with Crippen molar-refractivity contribution in [1.82, 2.24) is 14.9 Å². The Morgan fingerprint density at radius 2 is 1.74 bits per heavy atom. The SMILES string of the molecule is CC(C(=O)Nc1ccc2[nH]c(=O)[nH]c2c1)N1CCN(c2cccc(C(F)(F)F)c2)CC1. The van der Waals surface area contributed by atoms with Crippen LogP contribution < -0.4 is 15.9 Å². The molecule has 4 rings (SSSR count). The zero-order valence-electron chi connectivity index (χ0n) is 16.8. The number of piperazine rings is 1. The van der Waals surface area contributed by atoms with Gasteiger partial charge in [-0.3, -0.25) is 9.69 Å². The maximum absolute atomic E-state index is 13.0. The summed E-state index contributed by atoms with van der Waals surface area (Å²) in [7, 11) is 0. The van der Waals surface area contributed by atoms with E-state index >= 15 is 0 Å². The van der Waals surface area contributed by atoms with Crippen molar-refractivity contribution in [3.8, 4) is 0 Å². The Kier molecular flexibility index (Phi) is 5.48. The van der Waals surface area contributed by atoms with Crippen LogP contribution in [0.3, 0.4) is 0 Å². The first kappa shape index (κ1) is 21.0. The highest BCUT2D eigenvalue weighted by atomic mass is 19.4. The molecular formula is C21H22F3N5O2. The molecule has 1 aromatic heterocycles. The van der Waals surface area contributed by atoms with Gasteiger partial charge in [-0.25, -0.2) is 4.79 Å². The van der Waals surface area contributed by atoms with E-state index in [4.69, 9.17) is 0 Å². The van der Waals surface area contributed by atoms with Crippen molar-refractivity contribution in [2.24, 2.45) is 0 Å². The second-order valence-corrected chi connectivity index (χ2v) is 7.58. The average molecular weight is 433 g/mol. The van der Waals surface area contributed by atoms with Gasteiger partial charge in [0.05, 0.1) is 22.6 Å². The van der Waals surface area contributed by atoms with Gasteiger partial charge in [0.25, 0.3) is 0 Å². The standard InChI is InChI=1S/C21H22F3N5O2/c1-13(19(30)25-15-5-6-17-18(12-15)27-20(31)26-17)28-7-9-29(10-8-28)16-4-2-3-14(11-16)21(22,23)24/h2-6,11-13H,7-10H2,1H3,(H,25,30)(H2,26,27,31). The third-order valence-corrected chi connectivity index (χ3v) is 5.56. The lowest BCUT2D eigenvalue weighted by atomic mass is 10.1. The molecule has 0 bridgehead atoms. The van der Waals surface area contributed by atoms with Crippen LogP contribution in [0.1, 0.15) is 12.5 Å². The normalized spacial score (nSPS) is 16.5. The van der Waals surface area contributed by atoms with E-state index < -0.39 is 17.8 Å². The van der Waals surface area contributed by atoms with Gasteiger partial charge in [0, 0.05) is 37.6 Å². The summed E-state index contributed by atoms with van der Waals surface area (Å²) < 4.78 is 38.9. The van der Waals surface area contributed by atoms with Crippen molar-refractivity contribution in [3.63, 3.8) is 0 Å². The summed E-state index contributed by atoms with van der Waals surface area (Å²) in [6.07, 6.45) is -4.37. The highest BCUT2D eigenvalue weighted by Gasteiger charge is 2.31. The molecule has 2 aromatic carbocycles. The molecule has 1 aliphatic heterocycles. The fourth-order valence-electron chi connectivity index (χ4n) is 3.77. The summed E-state index contributed by atoms with van der Waals surface area (Å²) in [4.78, 5) is 33.2. The predicted octanol–water partition coefficient (Wildman–Crippen LogP) is 3.02. The van der Waals surface area contributed by atoms with Crippen molar-refractivity contribution < 1.29 is 18.0 Å². The molecular weight excluding hydrogens is 411 g/mol. The van der Waals surface area contributed by atoms with Crippen molar-refractivity contribution in [2.45, 2.75) is 19.1 Å². The molecule has 7 nitrogen and oxygen atoms in total. The lowest BCUT2D eigenvalue weighted by Crippen LogP contribution is -2.52. The smallest absolute Gasteiger partial charge is 0.369 e. The summed E-state index contributed by atoms with van der Waals surface area (Å²) in [5, 5.41) is 2.85. The van der Waals surface area contributed by atoms with Crippen LogP contribution in [0.5, 0.6) is 0 Å². The minimum Gasteiger partial charge on any atom is -0.369 e. The molecule has 0 spiro atoms. The van der Waals surface area contributed by atoms with E-state index in [1.54, 1.807) is 31.2 Å². The number of hydrogen-bond acceptors (Lipinski definition) is 4. The van der Waals surface area contributed by atoms with Gasteiger partial charge < -0.3 is 20.2 Å². The molecule has 1 amide bonds. The molecule has 31 heavy (non-hydrogen) atoms. The number of halogens is 3. The van der Waals surface area contributed by atoms with Gasteiger partial charge in [-0.1, -0.05) is 6.07 Å². The first-order valence-electron chi connectivity index (χ1n) is 9.90. The number of hydrogen-bond donors (Lipinski definition) is 3. The van der Waals surface area contributed by atoms with Crippen LogP contribution in [-0.4, -0.2) is 53.0 Å². The Balaban J connectivity index is 1.36. The number of aromatic nitrogens is 2. The van der Waals surface area contributed by atoms with Gasteiger partial charge in [0.2, 0.25) is 5.91 Å². The molecule has 1 fully saturated rings. The van der Waals surface area contributed by atoms with Crippen molar-refractivity contribution >= 4 is 28.3 Å². The molecule has 0 aliphatic carbocycles. The van der Waals surface area contributed by atoms with E-state index in [1.807, 2.05) is 9.80 Å². The number of amides is 1. The number of anilines is 2. The van der Waals surface area contributed by atoms with Gasteiger partial charge in [0.1, 0.15) is 0 Å². The van der Waals surface area contributed by atoms with Crippen LogP contribution in [0.25, 0.3) is 11.0 Å². The topological polar surface area (TPSA) is 84.2 Å². The lowest BCUT2D eigenvalue weighted by molar-refractivity contribution is -0.137. The molecule has 1 aliphatic rings. The Bertz CT molecular complexity index is 1150. The number of alkyl halides is 3. The third-order valence-electron chi connectivity index (χ3n) is 5.56. The molecule has 164 valence electrons. The Morgan fingerprint density at radius 1 is 1.03 bits per heavy atom. The summed E-state index contributed by atoms with van der Waals surface area (Å²) in [5.74, 6) is -0.190. The van der Waals surface area contributed by atoms with E-state index in [-0.39, 0.29) is 11.6 Å². The number of benzene rings is 2. The Morgan fingerprint density at radius 3 is 2.45 bits per heavy atom. The van der Waals surface area contributed by atoms with Crippen LogP contribution in [0, 0.1) is 0 Å². The summed E-state index contributed by atoms with van der Waals surface area (Å²) in [6.45, 7) is 3.95. The first-order valence-corrected chi connectivity index (χ1v) is 9.90. The number of fused-ring (bicyclic) bond motifs is 1. The van der Waals surface area contributed by atoms with Gasteiger partial charge in [0.15, 0.2) is 0 Å². The fraction of sp³-hybridized carbons (Fsp3) is 0.333. The molecule has 3 aromatic rings. The van der Waals surface area contributed by atoms with Crippen molar-refractivity contribution in [2.75, 3.05) is 36.4 Å². The molecule has 10 heteroatoms. The predicted molar refractivity (Wildman–Crippen MR) is 112 cm³/mol. The Labute approximate surface area is 175 Å². The molecule has 0 radical (unpaired) electrons. The number of H-pyrrole nitrogens is 2. The number of carbonyl (C=O) groups excluding carboxylic acids is 1. The highest BCUT2D eigenvalue weighted by molar-refractivity contribution is 5.96. The fourth-order valence-corrected chi connectivity index (χ4v) is 3.77. The number of nitrogens with zero attached hydrogens (tertiary/aromatic N) is 2. The average Bonchev–Trinajstić information content (AvgIpc) is 3.12. The molecule has 1 unspecified atom stereocenters. The van der Waals surface area contributed by atoms with E-state index in [0.717, 1.165) is 12.1 Å². The van der Waals surface area contributed by atoms with E-state index in [0.29, 0.717) is 48.6 Å². The zero-order valence-corrected chi connectivity index (χ0v) is 16.8. The van der Waals surface area contributed by atoms with E-state index in [9.17, 15) is 22.8 Å². The van der Waals surface area contributed by atoms with Gasteiger partial charge in [-0.2, -0.15) is 13.2 Å². The number of nitrogens with one attached hydrogen (secondary N) is 3. The van der Waals surface area contributed by atoms with Crippen LogP contribution in [0.2, 0.25) is 0 Å². The number of aromatic amines is 2. The Hall–Kier alpha value is -3.27. The number of carbonyl (C=O) groups is 1. The molecule has 0 saturated carbocycles. The van der Waals surface area contributed by atoms with Gasteiger partial charge in [-0.05, 0) is 43.3 Å². The second kappa shape index (κ2) is 8.10. The van der Waals surface area contributed by atoms with Crippen molar-refractivity contribution in [3.05, 3.63) is 58.5 Å². The van der Waals surface area contributed by atoms with E-state index in [2.05, 4.69) is 15.3 Å². The molecule has 1 atom stereocenters. The quantitative estimate of drug-likeness (QED) is 0.591. The lowest BCUT2D eigenvalue weighted by Gasteiger charge is -2.38. The minimum absolute atomic E-state index is 0.190. The summed E-state index contributed by atoms with van der Waals surface area (Å²) >= 11 is 0. The molecule has 1 saturated heterocycles. The molecule has 3 N–H and O–H groups in total. The van der Waals surface area contributed by atoms with Crippen LogP contribution in [0.4, 0.5) is 24.5 Å². The second-order valence-electron chi connectivity index (χ2n) is 7.58. The van der Waals surface area contributed by atoms with Crippen LogP contribution in [0.15, 0.2) is 47.3 Å². The molecule has 2 heterocycles. The van der Waals surface area contributed by atoms with E-state index in [1.165, 1.54) is 6.07 Å².